The lowest BCUT2D eigenvalue weighted by Crippen LogP contribution is -1.97. The van der Waals surface area contributed by atoms with Crippen LogP contribution in [0, 0.1) is 0 Å². The largest absolute Gasteiger partial charge is 0.253 e. The van der Waals surface area contributed by atoms with Gasteiger partial charge in [0.1, 0.15) is 10.1 Å². The Morgan fingerprint density at radius 3 is 1.50 bits per heavy atom. The van der Waals surface area contributed by atoms with Crippen LogP contribution in [-0.2, 0) is 21.6 Å². The first-order valence-electron chi connectivity index (χ1n) is 5.19. The standard InChI is InChI=1S/C12H12N2O2S2/c1-17(15)11-7-3-5-9(13-11)10-6-4-8-12(14-10)18(2)16/h3-8H,1-2H3/t17-,18-/m0/s1. The van der Waals surface area contributed by atoms with E-state index in [1.165, 1.54) is 0 Å². The minimum Gasteiger partial charge on any atom is -0.253 e. The molecule has 2 rings (SSSR count). The summed E-state index contributed by atoms with van der Waals surface area (Å²) < 4.78 is 22.8. The van der Waals surface area contributed by atoms with Gasteiger partial charge in [-0.25, -0.2) is 9.97 Å². The number of pyridine rings is 2. The molecule has 0 fully saturated rings. The minimum absolute atomic E-state index is 0.511. The van der Waals surface area contributed by atoms with Crippen molar-refractivity contribution in [1.82, 2.24) is 9.97 Å². The molecule has 0 unspecified atom stereocenters. The molecule has 4 nitrogen and oxygen atoms in total. The molecule has 2 aromatic heterocycles. The van der Waals surface area contributed by atoms with E-state index in [9.17, 15) is 8.42 Å². The molecule has 0 aliphatic carbocycles. The molecule has 94 valence electrons. The fourth-order valence-electron chi connectivity index (χ4n) is 1.44. The summed E-state index contributed by atoms with van der Waals surface area (Å²) in [6.45, 7) is 0. The second-order valence-corrected chi connectivity index (χ2v) is 6.28. The Morgan fingerprint density at radius 2 is 1.17 bits per heavy atom. The van der Waals surface area contributed by atoms with Gasteiger partial charge in [0.25, 0.3) is 0 Å². The lowest BCUT2D eigenvalue weighted by molar-refractivity contribution is 0.683. The number of hydrogen-bond acceptors (Lipinski definition) is 4. The molecule has 0 aliphatic rings. The van der Waals surface area contributed by atoms with Gasteiger partial charge in [0.2, 0.25) is 0 Å². The van der Waals surface area contributed by atoms with E-state index < -0.39 is 21.6 Å². The van der Waals surface area contributed by atoms with Gasteiger partial charge in [-0.05, 0) is 24.3 Å². The van der Waals surface area contributed by atoms with Crippen LogP contribution in [0.15, 0.2) is 46.5 Å². The molecule has 0 amide bonds. The van der Waals surface area contributed by atoms with Crippen LogP contribution in [0.4, 0.5) is 0 Å². The highest BCUT2D eigenvalue weighted by Gasteiger charge is 2.06. The summed E-state index contributed by atoms with van der Waals surface area (Å²) in [5, 5.41) is 1.02. The zero-order chi connectivity index (χ0) is 13.1. The maximum Gasteiger partial charge on any atom is 0.127 e. The van der Waals surface area contributed by atoms with Crippen LogP contribution in [0.3, 0.4) is 0 Å². The van der Waals surface area contributed by atoms with Crippen molar-refractivity contribution in [2.24, 2.45) is 0 Å². The van der Waals surface area contributed by atoms with Gasteiger partial charge in [0, 0.05) is 12.5 Å². The van der Waals surface area contributed by atoms with Crippen molar-refractivity contribution in [3.63, 3.8) is 0 Å². The van der Waals surface area contributed by atoms with Crippen LogP contribution in [0.5, 0.6) is 0 Å². The van der Waals surface area contributed by atoms with Crippen LogP contribution in [0.1, 0.15) is 0 Å². The van der Waals surface area contributed by atoms with Gasteiger partial charge in [0.15, 0.2) is 0 Å². The fourth-order valence-corrected chi connectivity index (χ4v) is 2.43. The van der Waals surface area contributed by atoms with Gasteiger partial charge in [-0.2, -0.15) is 0 Å². The van der Waals surface area contributed by atoms with Gasteiger partial charge in [0.05, 0.1) is 33.0 Å². The van der Waals surface area contributed by atoms with E-state index >= 15 is 0 Å². The molecule has 2 heterocycles. The lowest BCUT2D eigenvalue weighted by atomic mass is 10.2. The summed E-state index contributed by atoms with van der Waals surface area (Å²) in [5.41, 5.74) is 1.27. The topological polar surface area (TPSA) is 59.9 Å². The molecule has 0 spiro atoms. The van der Waals surface area contributed by atoms with E-state index in [0.29, 0.717) is 21.4 Å². The summed E-state index contributed by atoms with van der Waals surface area (Å²) in [6.07, 6.45) is 3.16. The van der Waals surface area contributed by atoms with Gasteiger partial charge in [-0.3, -0.25) is 8.42 Å². The van der Waals surface area contributed by atoms with E-state index in [4.69, 9.17) is 0 Å². The second-order valence-electron chi connectivity index (χ2n) is 3.63. The first-order chi connectivity index (χ1) is 8.58. The summed E-state index contributed by atoms with van der Waals surface area (Å²) in [4.78, 5) is 8.56. The third-order valence-corrected chi connectivity index (χ3v) is 3.93. The lowest BCUT2D eigenvalue weighted by Gasteiger charge is -2.03. The minimum atomic E-state index is -1.13. The van der Waals surface area contributed by atoms with Crippen LogP contribution in [0.25, 0.3) is 11.4 Å². The van der Waals surface area contributed by atoms with Crippen molar-refractivity contribution >= 4 is 21.6 Å². The Kier molecular flexibility index (Phi) is 3.98. The monoisotopic (exact) mass is 280 g/mol. The maximum absolute atomic E-state index is 11.4. The molecule has 0 saturated heterocycles. The van der Waals surface area contributed by atoms with Crippen molar-refractivity contribution in [2.75, 3.05) is 12.5 Å². The van der Waals surface area contributed by atoms with Crippen LogP contribution in [-0.4, -0.2) is 30.9 Å². The first kappa shape index (κ1) is 13.0. The molecule has 0 aromatic carbocycles. The quantitative estimate of drug-likeness (QED) is 0.857. The van der Waals surface area contributed by atoms with Gasteiger partial charge in [-0.1, -0.05) is 12.1 Å². The van der Waals surface area contributed by atoms with Gasteiger partial charge < -0.3 is 0 Å². The molecular weight excluding hydrogens is 268 g/mol. The predicted octanol–water partition coefficient (Wildman–Crippen LogP) is 1.62. The summed E-state index contributed by atoms with van der Waals surface area (Å²) >= 11 is 0. The molecule has 0 N–H and O–H groups in total. The molecule has 2 atom stereocenters. The summed E-state index contributed by atoms with van der Waals surface area (Å²) in [5.74, 6) is 0. The Morgan fingerprint density at radius 1 is 0.778 bits per heavy atom. The third-order valence-electron chi connectivity index (χ3n) is 2.30. The van der Waals surface area contributed by atoms with E-state index in [2.05, 4.69) is 9.97 Å². The Bertz CT molecular complexity index is 573. The molecule has 18 heavy (non-hydrogen) atoms. The molecule has 0 bridgehead atoms. The molecule has 0 saturated carbocycles. The maximum atomic E-state index is 11.4. The molecule has 0 radical (unpaired) electrons. The molecular formula is C12H12N2O2S2. The van der Waals surface area contributed by atoms with Crippen LogP contribution >= 0.6 is 0 Å². The van der Waals surface area contributed by atoms with E-state index in [0.717, 1.165) is 0 Å². The second kappa shape index (κ2) is 5.49. The van der Waals surface area contributed by atoms with Crippen molar-refractivity contribution in [3.05, 3.63) is 36.4 Å². The number of aromatic nitrogens is 2. The highest BCUT2D eigenvalue weighted by molar-refractivity contribution is 7.84. The predicted molar refractivity (Wildman–Crippen MR) is 72.1 cm³/mol. The number of hydrogen-bond donors (Lipinski definition) is 0. The Labute approximate surface area is 110 Å². The smallest absolute Gasteiger partial charge is 0.127 e. The van der Waals surface area contributed by atoms with E-state index in [1.807, 2.05) is 0 Å². The SMILES string of the molecule is C[S@](=O)c1cccc(-c2cccc([S@](C)=O)n2)n1. The van der Waals surface area contributed by atoms with E-state index in [1.54, 1.807) is 48.9 Å². The average Bonchev–Trinajstić information content (AvgIpc) is 2.39. The third kappa shape index (κ3) is 2.88. The Balaban J connectivity index is 2.48. The molecule has 2 aromatic rings. The van der Waals surface area contributed by atoms with Crippen molar-refractivity contribution in [3.8, 4) is 11.4 Å². The van der Waals surface area contributed by atoms with Crippen LogP contribution in [0.2, 0.25) is 0 Å². The number of nitrogens with zero attached hydrogens (tertiary/aromatic N) is 2. The highest BCUT2D eigenvalue weighted by Crippen LogP contribution is 2.17. The van der Waals surface area contributed by atoms with Crippen molar-refractivity contribution < 1.29 is 8.42 Å². The van der Waals surface area contributed by atoms with Gasteiger partial charge in [-0.15, -0.1) is 0 Å². The number of rotatable bonds is 3. The Hall–Kier alpha value is -1.40. The molecule has 0 aliphatic heterocycles. The zero-order valence-corrected chi connectivity index (χ0v) is 11.6. The van der Waals surface area contributed by atoms with Crippen molar-refractivity contribution in [1.29, 1.82) is 0 Å². The van der Waals surface area contributed by atoms with Crippen LogP contribution < -0.4 is 0 Å². The first-order valence-corrected chi connectivity index (χ1v) is 8.31. The zero-order valence-electron chi connectivity index (χ0n) is 9.99. The van der Waals surface area contributed by atoms with Gasteiger partial charge >= 0.3 is 0 Å². The summed E-state index contributed by atoms with van der Waals surface area (Å²) in [7, 11) is -2.25. The average molecular weight is 280 g/mol. The normalized spacial score (nSPS) is 14.1. The molecule has 6 heteroatoms. The summed E-state index contributed by atoms with van der Waals surface area (Å²) in [6, 6.07) is 10.6. The highest BCUT2D eigenvalue weighted by atomic mass is 32.2. The van der Waals surface area contributed by atoms with E-state index in [-0.39, 0.29) is 0 Å². The fraction of sp³-hybridized carbons (Fsp3) is 0.167. The van der Waals surface area contributed by atoms with Crippen molar-refractivity contribution in [2.45, 2.75) is 10.1 Å².